The van der Waals surface area contributed by atoms with Gasteiger partial charge >= 0.3 is 124 Å². The number of hydrogen-bond acceptors (Lipinski definition) is 0. The molecule has 0 aromatic rings. The van der Waals surface area contributed by atoms with Crippen LogP contribution in [0, 0.1) is 124 Å². The number of halogens is 9. The van der Waals surface area contributed by atoms with E-state index in [9.17, 15) is 0 Å². The van der Waals surface area contributed by atoms with Crippen LogP contribution in [0.15, 0.2) is 0 Å². The molecule has 74 valence electrons. The smallest absolute Gasteiger partial charge is 1.00 e. The Labute approximate surface area is 162 Å². The van der Waals surface area contributed by atoms with Crippen LogP contribution in [0.2, 0.25) is 0 Å². The Hall–Kier alpha value is 3.46. The van der Waals surface area contributed by atoms with Crippen molar-refractivity contribution in [2.24, 2.45) is 0 Å². The predicted octanol–water partition coefficient (Wildman–Crippen LogP) is -27.0. The predicted molar refractivity (Wildman–Crippen MR) is 0 cm³/mol. The van der Waals surface area contributed by atoms with Crippen molar-refractivity contribution in [3.8, 4) is 0 Å². The van der Waals surface area contributed by atoms with Crippen molar-refractivity contribution in [3.63, 3.8) is 0 Å². The van der Waals surface area contributed by atoms with Gasteiger partial charge in [-0.2, -0.15) is 0 Å². The van der Waals surface area contributed by atoms with Crippen LogP contribution >= 0.6 is 0 Å². The van der Waals surface area contributed by atoms with Gasteiger partial charge in [0.25, 0.3) is 0 Å². The average Bonchev–Trinajstić information content (AvgIpc) is 0. The Bertz CT molecular complexity index is 14.5. The molecule has 0 atom stereocenters. The molecule has 0 saturated heterocycles. The molecule has 12 heteroatoms. The van der Waals surface area contributed by atoms with Crippen LogP contribution in [0.4, 0.5) is 0 Å². The minimum atomic E-state index is 0. The largest absolute Gasteiger partial charge is 3.00 e. The Balaban J connectivity index is 0. The fourth-order valence-electron chi connectivity index (χ4n) is 0. The van der Waals surface area contributed by atoms with Gasteiger partial charge in [0.15, 0.2) is 0 Å². The molecular formula is CeF9NdPr. The SMILES string of the molecule is [Ce+3].[F-].[F-].[F-].[F-].[F-].[F-].[F-].[F-].[F-].[Nd+3].[Pr+3]. The second kappa shape index (κ2) is 219. The maximum absolute atomic E-state index is 0. The summed E-state index contributed by atoms with van der Waals surface area (Å²) in [6.07, 6.45) is 0. The van der Waals surface area contributed by atoms with Gasteiger partial charge < -0.3 is 42.3 Å². The van der Waals surface area contributed by atoms with Crippen molar-refractivity contribution in [2.45, 2.75) is 0 Å². The van der Waals surface area contributed by atoms with E-state index in [1.54, 1.807) is 0 Å². The van der Waals surface area contributed by atoms with Crippen LogP contribution in [0.1, 0.15) is 0 Å². The Morgan fingerprint density at radius 2 is 0.333 bits per heavy atom. The molecule has 0 fully saturated rings. The summed E-state index contributed by atoms with van der Waals surface area (Å²) in [5, 5.41) is 0. The Morgan fingerprint density at radius 3 is 0.333 bits per heavy atom. The molecular weight excluding hydrogens is 596 g/mol. The quantitative estimate of drug-likeness (QED) is 0.244. The van der Waals surface area contributed by atoms with Gasteiger partial charge in [-0.15, -0.1) is 0 Å². The number of rotatable bonds is 0. The van der Waals surface area contributed by atoms with Crippen LogP contribution in [0.5, 0.6) is 0 Å². The monoisotopic (exact) mass is 594 g/mol. The molecule has 0 bridgehead atoms. The van der Waals surface area contributed by atoms with E-state index in [4.69, 9.17) is 0 Å². The van der Waals surface area contributed by atoms with E-state index in [0.29, 0.717) is 0 Å². The van der Waals surface area contributed by atoms with Crippen molar-refractivity contribution < 1.29 is 166 Å². The van der Waals surface area contributed by atoms with E-state index < -0.39 is 0 Å². The summed E-state index contributed by atoms with van der Waals surface area (Å²) in [5.41, 5.74) is 0. The molecule has 0 heterocycles. The molecule has 2 radical (unpaired) electrons. The standard InChI is InChI=1S/Ce.9FH.Nd.Pr/h;9*1H;;/q+3;;;;;;;;;;2*+3/p-9. The minimum Gasteiger partial charge on any atom is -1.00 e. The molecule has 0 aromatic heterocycles. The summed E-state index contributed by atoms with van der Waals surface area (Å²) in [6.45, 7) is 0. The fourth-order valence-corrected chi connectivity index (χ4v) is 0. The molecule has 0 aliphatic heterocycles. The van der Waals surface area contributed by atoms with E-state index in [-0.39, 0.29) is 166 Å². The maximum atomic E-state index is 0. The minimum absolute atomic E-state index is 0. The molecule has 0 saturated carbocycles. The molecule has 0 N–H and O–H groups in total. The van der Waals surface area contributed by atoms with Crippen molar-refractivity contribution in [3.05, 3.63) is 0 Å². The van der Waals surface area contributed by atoms with Crippen LogP contribution in [0.25, 0.3) is 0 Å². The summed E-state index contributed by atoms with van der Waals surface area (Å²) in [4.78, 5) is 0. The summed E-state index contributed by atoms with van der Waals surface area (Å²) in [7, 11) is 0. The van der Waals surface area contributed by atoms with Gasteiger partial charge in [0.2, 0.25) is 0 Å². The third kappa shape index (κ3) is 174. The normalized spacial score (nSPS) is 0. The van der Waals surface area contributed by atoms with Crippen molar-refractivity contribution in [1.82, 2.24) is 0 Å². The topological polar surface area (TPSA) is 0 Å². The fraction of sp³-hybridized carbons (Fsp3) is 0. The first-order chi connectivity index (χ1) is 0. The Kier molecular flexibility index (Phi) is 4920. The van der Waals surface area contributed by atoms with Gasteiger partial charge in [-0.05, 0) is 0 Å². The second-order valence-electron chi connectivity index (χ2n) is 0. The average molecular weight is 596 g/mol. The molecule has 0 aliphatic rings. The van der Waals surface area contributed by atoms with E-state index in [2.05, 4.69) is 0 Å². The van der Waals surface area contributed by atoms with Gasteiger partial charge in [-0.25, -0.2) is 0 Å². The van der Waals surface area contributed by atoms with Gasteiger partial charge in [0, 0.05) is 0 Å². The van der Waals surface area contributed by atoms with Gasteiger partial charge in [0.1, 0.15) is 0 Å². The van der Waals surface area contributed by atoms with E-state index in [1.165, 1.54) is 0 Å². The van der Waals surface area contributed by atoms with Crippen molar-refractivity contribution in [2.75, 3.05) is 0 Å². The molecule has 0 amide bonds. The second-order valence-corrected chi connectivity index (χ2v) is 0. The third-order valence-corrected chi connectivity index (χ3v) is 0. The van der Waals surface area contributed by atoms with Crippen LogP contribution in [0.3, 0.4) is 0 Å². The van der Waals surface area contributed by atoms with Crippen molar-refractivity contribution >= 4 is 0 Å². The van der Waals surface area contributed by atoms with Crippen LogP contribution in [-0.4, -0.2) is 0 Å². The first-order valence-electron chi connectivity index (χ1n) is 0. The molecule has 0 nitrogen and oxygen atoms in total. The zero-order valence-electron chi connectivity index (χ0n) is 4.98. The summed E-state index contributed by atoms with van der Waals surface area (Å²) >= 11 is 0. The maximum Gasteiger partial charge on any atom is 3.00 e. The van der Waals surface area contributed by atoms with Crippen molar-refractivity contribution in [1.29, 1.82) is 0 Å². The van der Waals surface area contributed by atoms with E-state index in [0.717, 1.165) is 0 Å². The molecule has 0 rings (SSSR count). The zero-order valence-corrected chi connectivity index (χ0v) is 15.0. The molecule has 0 spiro atoms. The molecule has 12 heavy (non-hydrogen) atoms. The van der Waals surface area contributed by atoms with E-state index in [1.807, 2.05) is 0 Å². The van der Waals surface area contributed by atoms with Crippen LogP contribution in [-0.2, 0) is 0 Å². The van der Waals surface area contributed by atoms with Crippen LogP contribution < -0.4 is 42.3 Å². The first-order valence-corrected chi connectivity index (χ1v) is 0. The summed E-state index contributed by atoms with van der Waals surface area (Å²) in [5.74, 6) is 0. The number of hydrogen-bond donors (Lipinski definition) is 0. The summed E-state index contributed by atoms with van der Waals surface area (Å²) in [6, 6.07) is 0. The third-order valence-electron chi connectivity index (χ3n) is 0. The van der Waals surface area contributed by atoms with E-state index >= 15 is 0 Å². The first kappa shape index (κ1) is 270. The Morgan fingerprint density at radius 1 is 0.333 bits per heavy atom. The van der Waals surface area contributed by atoms with Gasteiger partial charge in [-0.3, -0.25) is 0 Å². The van der Waals surface area contributed by atoms with Gasteiger partial charge in [0.05, 0.1) is 0 Å². The molecule has 0 aromatic carbocycles. The summed E-state index contributed by atoms with van der Waals surface area (Å²) < 4.78 is 0. The molecule has 0 aliphatic carbocycles. The van der Waals surface area contributed by atoms with Gasteiger partial charge in [-0.1, -0.05) is 0 Å². The zero-order chi connectivity index (χ0) is 0. The molecule has 0 unspecified atom stereocenters.